The van der Waals surface area contributed by atoms with Crippen LogP contribution in [0.2, 0.25) is 0 Å². The van der Waals surface area contributed by atoms with Gasteiger partial charge in [-0.25, -0.2) is 4.79 Å². The molecule has 1 aromatic heterocycles. The summed E-state index contributed by atoms with van der Waals surface area (Å²) >= 11 is 0. The number of nitrogens with one attached hydrogen (secondary N) is 2. The maximum absolute atomic E-state index is 12.6. The standard InChI is InChI=1S/C20H23N5O2/c26-19(22-16-4-5-16)15-2-1-3-17(14-15)23-20(27)25-12-10-24(11-13-25)18-6-8-21-9-7-18/h1-3,6-9,14,16H,4-5,10-13H2,(H,22,26)(H,23,27). The van der Waals surface area contributed by atoms with Crippen molar-refractivity contribution in [3.63, 3.8) is 0 Å². The van der Waals surface area contributed by atoms with Crippen LogP contribution in [0.4, 0.5) is 16.2 Å². The first-order chi connectivity index (χ1) is 13.2. The lowest BCUT2D eigenvalue weighted by molar-refractivity contribution is 0.0951. The molecule has 2 N–H and O–H groups in total. The molecule has 2 heterocycles. The summed E-state index contributed by atoms with van der Waals surface area (Å²) in [6, 6.07) is 11.2. The maximum Gasteiger partial charge on any atom is 0.321 e. The zero-order valence-electron chi connectivity index (χ0n) is 15.1. The number of rotatable bonds is 4. The minimum Gasteiger partial charge on any atom is -0.368 e. The van der Waals surface area contributed by atoms with E-state index in [4.69, 9.17) is 0 Å². The Morgan fingerprint density at radius 2 is 1.74 bits per heavy atom. The van der Waals surface area contributed by atoms with Gasteiger partial charge in [-0.1, -0.05) is 6.07 Å². The van der Waals surface area contributed by atoms with Crippen LogP contribution in [0.15, 0.2) is 48.8 Å². The molecule has 140 valence electrons. The molecular formula is C20H23N5O2. The smallest absolute Gasteiger partial charge is 0.321 e. The van der Waals surface area contributed by atoms with Gasteiger partial charge in [-0.2, -0.15) is 0 Å². The van der Waals surface area contributed by atoms with Crippen molar-refractivity contribution in [2.24, 2.45) is 0 Å². The van der Waals surface area contributed by atoms with Crippen LogP contribution in [0.5, 0.6) is 0 Å². The minimum atomic E-state index is -0.135. The monoisotopic (exact) mass is 365 g/mol. The van der Waals surface area contributed by atoms with Gasteiger partial charge in [0, 0.05) is 61.6 Å². The number of hydrogen-bond donors (Lipinski definition) is 2. The summed E-state index contributed by atoms with van der Waals surface area (Å²) < 4.78 is 0. The van der Waals surface area contributed by atoms with Crippen molar-refractivity contribution in [3.8, 4) is 0 Å². The maximum atomic E-state index is 12.6. The van der Waals surface area contributed by atoms with E-state index in [1.807, 2.05) is 12.1 Å². The second-order valence-corrected chi connectivity index (χ2v) is 6.94. The lowest BCUT2D eigenvalue weighted by atomic mass is 10.2. The number of aromatic nitrogens is 1. The second kappa shape index (κ2) is 7.65. The third kappa shape index (κ3) is 4.36. The summed E-state index contributed by atoms with van der Waals surface area (Å²) in [5, 5.41) is 5.87. The van der Waals surface area contributed by atoms with Crippen molar-refractivity contribution in [2.75, 3.05) is 36.4 Å². The summed E-state index contributed by atoms with van der Waals surface area (Å²) in [6.07, 6.45) is 5.66. The summed E-state index contributed by atoms with van der Waals surface area (Å²) in [5.41, 5.74) is 2.33. The van der Waals surface area contributed by atoms with Crippen molar-refractivity contribution in [1.29, 1.82) is 0 Å². The van der Waals surface area contributed by atoms with E-state index in [1.165, 1.54) is 0 Å². The van der Waals surface area contributed by atoms with E-state index in [1.54, 1.807) is 41.6 Å². The molecule has 1 saturated heterocycles. The zero-order valence-corrected chi connectivity index (χ0v) is 15.1. The van der Waals surface area contributed by atoms with Gasteiger partial charge in [-0.15, -0.1) is 0 Å². The van der Waals surface area contributed by atoms with Gasteiger partial charge in [0.1, 0.15) is 0 Å². The van der Waals surface area contributed by atoms with Gasteiger partial charge in [0.05, 0.1) is 0 Å². The van der Waals surface area contributed by atoms with Crippen molar-refractivity contribution in [1.82, 2.24) is 15.2 Å². The number of amides is 3. The first-order valence-corrected chi connectivity index (χ1v) is 9.31. The van der Waals surface area contributed by atoms with Gasteiger partial charge in [0.2, 0.25) is 0 Å². The third-order valence-electron chi connectivity index (χ3n) is 4.88. The molecule has 0 unspecified atom stereocenters. The molecule has 27 heavy (non-hydrogen) atoms. The highest BCUT2D eigenvalue weighted by Crippen LogP contribution is 2.20. The highest BCUT2D eigenvalue weighted by molar-refractivity contribution is 5.97. The molecule has 1 aliphatic heterocycles. The van der Waals surface area contributed by atoms with Crippen LogP contribution in [-0.4, -0.2) is 54.0 Å². The van der Waals surface area contributed by atoms with Crippen molar-refractivity contribution >= 4 is 23.3 Å². The van der Waals surface area contributed by atoms with Crippen molar-refractivity contribution in [3.05, 3.63) is 54.4 Å². The third-order valence-corrected chi connectivity index (χ3v) is 4.88. The molecule has 3 amide bonds. The van der Waals surface area contributed by atoms with Crippen LogP contribution < -0.4 is 15.5 Å². The highest BCUT2D eigenvalue weighted by Gasteiger charge is 2.24. The second-order valence-electron chi connectivity index (χ2n) is 6.94. The fraction of sp³-hybridized carbons (Fsp3) is 0.350. The molecule has 2 aromatic rings. The van der Waals surface area contributed by atoms with Gasteiger partial charge in [-0.3, -0.25) is 9.78 Å². The first-order valence-electron chi connectivity index (χ1n) is 9.31. The Hall–Kier alpha value is -3.09. The van der Waals surface area contributed by atoms with Crippen LogP contribution in [-0.2, 0) is 0 Å². The summed E-state index contributed by atoms with van der Waals surface area (Å²) in [7, 11) is 0. The van der Waals surface area contributed by atoms with E-state index >= 15 is 0 Å². The van der Waals surface area contributed by atoms with E-state index in [2.05, 4.69) is 20.5 Å². The molecule has 2 aliphatic rings. The minimum absolute atomic E-state index is 0.0837. The first kappa shape index (κ1) is 17.3. The van der Waals surface area contributed by atoms with Crippen molar-refractivity contribution in [2.45, 2.75) is 18.9 Å². The van der Waals surface area contributed by atoms with E-state index < -0.39 is 0 Å². The zero-order chi connectivity index (χ0) is 18.6. The quantitative estimate of drug-likeness (QED) is 0.872. The molecule has 1 aliphatic carbocycles. The fourth-order valence-electron chi connectivity index (χ4n) is 3.16. The van der Waals surface area contributed by atoms with Crippen LogP contribution in [0.25, 0.3) is 0 Å². The number of nitrogens with zero attached hydrogens (tertiary/aromatic N) is 3. The number of benzene rings is 1. The van der Waals surface area contributed by atoms with Crippen LogP contribution in [0.1, 0.15) is 23.2 Å². The molecule has 7 heteroatoms. The number of piperazine rings is 1. The Bertz CT molecular complexity index is 814. The molecule has 0 spiro atoms. The Morgan fingerprint density at radius 1 is 1.00 bits per heavy atom. The molecule has 0 bridgehead atoms. The molecule has 1 aromatic carbocycles. The number of urea groups is 1. The lowest BCUT2D eigenvalue weighted by Crippen LogP contribution is -2.50. The average Bonchev–Trinajstić information content (AvgIpc) is 3.53. The van der Waals surface area contributed by atoms with Crippen molar-refractivity contribution < 1.29 is 9.59 Å². The average molecular weight is 365 g/mol. The Morgan fingerprint density at radius 3 is 2.44 bits per heavy atom. The number of carbonyl (C=O) groups is 2. The predicted molar refractivity (Wildman–Crippen MR) is 104 cm³/mol. The summed E-state index contributed by atoms with van der Waals surface area (Å²) in [6.45, 7) is 2.86. The predicted octanol–water partition coefficient (Wildman–Crippen LogP) is 2.33. The van der Waals surface area contributed by atoms with Gasteiger partial charge in [0.25, 0.3) is 5.91 Å². The molecule has 7 nitrogen and oxygen atoms in total. The topological polar surface area (TPSA) is 77.6 Å². The van der Waals surface area contributed by atoms with Gasteiger partial charge < -0.3 is 20.4 Å². The number of hydrogen-bond acceptors (Lipinski definition) is 4. The highest BCUT2D eigenvalue weighted by atomic mass is 16.2. The molecule has 0 radical (unpaired) electrons. The van der Waals surface area contributed by atoms with E-state index in [9.17, 15) is 9.59 Å². The number of carbonyl (C=O) groups excluding carboxylic acids is 2. The van der Waals surface area contributed by atoms with Gasteiger partial charge >= 0.3 is 6.03 Å². The van der Waals surface area contributed by atoms with E-state index in [-0.39, 0.29) is 11.9 Å². The molecule has 2 fully saturated rings. The molecule has 1 saturated carbocycles. The fourth-order valence-corrected chi connectivity index (χ4v) is 3.16. The van der Waals surface area contributed by atoms with E-state index in [0.29, 0.717) is 30.4 Å². The summed E-state index contributed by atoms with van der Waals surface area (Å²) in [5.74, 6) is -0.0837. The Kier molecular flexibility index (Phi) is 4.91. The number of pyridine rings is 1. The normalized spacial score (nSPS) is 16.7. The van der Waals surface area contributed by atoms with E-state index in [0.717, 1.165) is 31.6 Å². The lowest BCUT2D eigenvalue weighted by Gasteiger charge is -2.36. The van der Waals surface area contributed by atoms with Gasteiger partial charge in [-0.05, 0) is 43.2 Å². The Labute approximate surface area is 158 Å². The Balaban J connectivity index is 1.32. The SMILES string of the molecule is O=C(NC1CC1)c1cccc(NC(=O)N2CCN(c3ccncc3)CC2)c1. The molecular weight excluding hydrogens is 342 g/mol. The van der Waals surface area contributed by atoms with Crippen LogP contribution in [0, 0.1) is 0 Å². The number of anilines is 2. The van der Waals surface area contributed by atoms with Gasteiger partial charge in [0.15, 0.2) is 0 Å². The largest absolute Gasteiger partial charge is 0.368 e. The van der Waals surface area contributed by atoms with Crippen LogP contribution >= 0.6 is 0 Å². The molecule has 4 rings (SSSR count). The summed E-state index contributed by atoms with van der Waals surface area (Å²) in [4.78, 5) is 32.8. The van der Waals surface area contributed by atoms with Crippen LogP contribution in [0.3, 0.4) is 0 Å². The molecule has 0 atom stereocenters.